The molecule has 0 aliphatic heterocycles. The molecule has 0 saturated carbocycles. The summed E-state index contributed by atoms with van der Waals surface area (Å²) in [5, 5.41) is 6.73. The third kappa shape index (κ3) is 4.00. The monoisotopic (exact) mass is 300 g/mol. The van der Waals surface area contributed by atoms with E-state index in [-0.39, 0.29) is 18.1 Å². The molecule has 1 aromatic heterocycles. The largest absolute Gasteiger partial charge is 0.328 e. The van der Waals surface area contributed by atoms with E-state index in [1.54, 1.807) is 0 Å². The molecular weight excluding hydrogens is 280 g/mol. The van der Waals surface area contributed by atoms with Crippen molar-refractivity contribution >= 4 is 11.7 Å². The first-order valence-electron chi connectivity index (χ1n) is 7.09. The molecule has 22 heavy (non-hydrogen) atoms. The lowest BCUT2D eigenvalue weighted by molar-refractivity contribution is -0.135. The van der Waals surface area contributed by atoms with Crippen LogP contribution in [-0.2, 0) is 16.0 Å². The van der Waals surface area contributed by atoms with E-state index in [2.05, 4.69) is 15.4 Å². The lowest BCUT2D eigenvalue weighted by Crippen LogP contribution is -2.43. The molecule has 0 aliphatic carbocycles. The maximum Gasteiger partial charge on any atom is 0.226 e. The SMILES string of the molecule is CC(C)(C)C(=O)C(NC(=O)Cc1ccccc1)n1cncn1. The quantitative estimate of drug-likeness (QED) is 0.912. The fourth-order valence-corrected chi connectivity index (χ4v) is 2.00. The number of ketones is 1. The molecule has 1 unspecified atom stereocenters. The molecular formula is C16H20N4O2. The van der Waals surface area contributed by atoms with E-state index in [4.69, 9.17) is 0 Å². The molecule has 1 N–H and O–H groups in total. The van der Waals surface area contributed by atoms with Gasteiger partial charge in [-0.2, -0.15) is 5.10 Å². The van der Waals surface area contributed by atoms with Crippen LogP contribution in [0.1, 0.15) is 32.5 Å². The number of carbonyl (C=O) groups excluding carboxylic acids is 2. The van der Waals surface area contributed by atoms with Crippen LogP contribution in [0.25, 0.3) is 0 Å². The summed E-state index contributed by atoms with van der Waals surface area (Å²) in [6.45, 7) is 5.42. The number of carbonyl (C=O) groups is 2. The summed E-state index contributed by atoms with van der Waals surface area (Å²) in [6, 6.07) is 9.38. The number of hydrogen-bond donors (Lipinski definition) is 1. The maximum absolute atomic E-state index is 12.5. The van der Waals surface area contributed by atoms with E-state index in [0.29, 0.717) is 0 Å². The van der Waals surface area contributed by atoms with Crippen molar-refractivity contribution in [2.75, 3.05) is 0 Å². The van der Waals surface area contributed by atoms with E-state index >= 15 is 0 Å². The van der Waals surface area contributed by atoms with Crippen molar-refractivity contribution in [1.82, 2.24) is 20.1 Å². The Hall–Kier alpha value is -2.50. The van der Waals surface area contributed by atoms with Gasteiger partial charge in [0.2, 0.25) is 5.91 Å². The van der Waals surface area contributed by atoms with Crippen LogP contribution in [0.15, 0.2) is 43.0 Å². The van der Waals surface area contributed by atoms with Crippen LogP contribution in [0.4, 0.5) is 0 Å². The number of benzene rings is 1. The van der Waals surface area contributed by atoms with Gasteiger partial charge in [0.1, 0.15) is 12.7 Å². The van der Waals surface area contributed by atoms with Gasteiger partial charge in [-0.15, -0.1) is 0 Å². The van der Waals surface area contributed by atoms with Gasteiger partial charge in [-0.3, -0.25) is 9.59 Å². The summed E-state index contributed by atoms with van der Waals surface area (Å²) < 4.78 is 1.37. The third-order valence-corrected chi connectivity index (χ3v) is 3.19. The summed E-state index contributed by atoms with van der Waals surface area (Å²) in [4.78, 5) is 28.6. The Kier molecular flexibility index (Phi) is 4.70. The molecule has 0 bridgehead atoms. The number of rotatable bonds is 5. The molecule has 6 nitrogen and oxygen atoms in total. The van der Waals surface area contributed by atoms with Gasteiger partial charge in [-0.25, -0.2) is 9.67 Å². The van der Waals surface area contributed by atoms with Crippen LogP contribution in [0.3, 0.4) is 0 Å². The zero-order valence-corrected chi connectivity index (χ0v) is 13.0. The fraction of sp³-hybridized carbons (Fsp3) is 0.375. The van der Waals surface area contributed by atoms with E-state index < -0.39 is 11.6 Å². The molecule has 0 saturated heterocycles. The Balaban J connectivity index is 2.13. The fourth-order valence-electron chi connectivity index (χ4n) is 2.00. The predicted molar refractivity (Wildman–Crippen MR) is 81.8 cm³/mol. The summed E-state index contributed by atoms with van der Waals surface area (Å²) in [5.41, 5.74) is 0.289. The second-order valence-electron chi connectivity index (χ2n) is 6.12. The van der Waals surface area contributed by atoms with Crippen LogP contribution in [-0.4, -0.2) is 26.5 Å². The zero-order valence-electron chi connectivity index (χ0n) is 13.0. The first kappa shape index (κ1) is 15.9. The molecule has 1 atom stereocenters. The van der Waals surface area contributed by atoms with Gasteiger partial charge in [0.05, 0.1) is 6.42 Å². The highest BCUT2D eigenvalue weighted by Gasteiger charge is 2.32. The summed E-state index contributed by atoms with van der Waals surface area (Å²) in [6.07, 6.45) is 2.13. The first-order valence-corrected chi connectivity index (χ1v) is 7.09. The standard InChI is InChI=1S/C16H20N4O2/c1-16(2,3)14(22)15(20-11-17-10-18-20)19-13(21)9-12-7-5-4-6-8-12/h4-8,10-11,15H,9H2,1-3H3,(H,19,21). The van der Waals surface area contributed by atoms with E-state index in [1.807, 2.05) is 51.1 Å². The van der Waals surface area contributed by atoms with Crippen molar-refractivity contribution in [1.29, 1.82) is 0 Å². The topological polar surface area (TPSA) is 76.9 Å². The summed E-state index contributed by atoms with van der Waals surface area (Å²) in [5.74, 6) is -0.358. The van der Waals surface area contributed by atoms with Crippen LogP contribution in [0, 0.1) is 5.41 Å². The summed E-state index contributed by atoms with van der Waals surface area (Å²) >= 11 is 0. The normalized spacial score (nSPS) is 12.7. The van der Waals surface area contributed by atoms with Crippen molar-refractivity contribution in [3.63, 3.8) is 0 Å². The van der Waals surface area contributed by atoms with E-state index in [1.165, 1.54) is 17.3 Å². The van der Waals surface area contributed by atoms with Gasteiger partial charge in [-0.1, -0.05) is 51.1 Å². The molecule has 2 rings (SSSR count). The van der Waals surface area contributed by atoms with E-state index in [9.17, 15) is 9.59 Å². The van der Waals surface area contributed by atoms with Gasteiger partial charge in [0, 0.05) is 5.41 Å². The van der Waals surface area contributed by atoms with Crippen LogP contribution < -0.4 is 5.32 Å². The molecule has 0 aliphatic rings. The Morgan fingerprint density at radius 3 is 2.45 bits per heavy atom. The molecule has 0 spiro atoms. The molecule has 0 fully saturated rings. The average molecular weight is 300 g/mol. The van der Waals surface area contributed by atoms with Crippen LogP contribution in [0.2, 0.25) is 0 Å². The molecule has 6 heteroatoms. The Morgan fingerprint density at radius 2 is 1.91 bits per heavy atom. The van der Waals surface area contributed by atoms with Gasteiger partial charge in [-0.05, 0) is 5.56 Å². The Labute approximate surface area is 129 Å². The van der Waals surface area contributed by atoms with Crippen molar-refractivity contribution in [2.24, 2.45) is 5.41 Å². The second kappa shape index (κ2) is 6.51. The number of nitrogens with zero attached hydrogens (tertiary/aromatic N) is 3. The first-order chi connectivity index (χ1) is 10.4. The Morgan fingerprint density at radius 1 is 1.23 bits per heavy atom. The molecule has 116 valence electrons. The maximum atomic E-state index is 12.5. The predicted octanol–water partition coefficient (Wildman–Crippen LogP) is 1.75. The lowest BCUT2D eigenvalue weighted by atomic mass is 9.89. The number of aromatic nitrogens is 3. The smallest absolute Gasteiger partial charge is 0.226 e. The summed E-state index contributed by atoms with van der Waals surface area (Å²) in [7, 11) is 0. The average Bonchev–Trinajstić information content (AvgIpc) is 2.98. The van der Waals surface area contributed by atoms with Gasteiger partial charge < -0.3 is 5.32 Å². The minimum atomic E-state index is -0.848. The molecule has 2 aromatic rings. The van der Waals surface area contributed by atoms with Crippen LogP contribution >= 0.6 is 0 Å². The third-order valence-electron chi connectivity index (χ3n) is 3.19. The second-order valence-corrected chi connectivity index (χ2v) is 6.12. The van der Waals surface area contributed by atoms with Gasteiger partial charge >= 0.3 is 0 Å². The van der Waals surface area contributed by atoms with Crippen molar-refractivity contribution in [2.45, 2.75) is 33.4 Å². The van der Waals surface area contributed by atoms with Gasteiger partial charge in [0.15, 0.2) is 11.9 Å². The minimum Gasteiger partial charge on any atom is -0.328 e. The number of Topliss-reactive ketones (excluding diaryl/α,β-unsaturated/α-hetero) is 1. The number of nitrogens with one attached hydrogen (secondary N) is 1. The van der Waals surface area contributed by atoms with Crippen LogP contribution in [0.5, 0.6) is 0 Å². The Bertz CT molecular complexity index is 630. The molecule has 1 heterocycles. The minimum absolute atomic E-state index is 0.126. The lowest BCUT2D eigenvalue weighted by Gasteiger charge is -2.25. The molecule has 1 amide bonds. The van der Waals surface area contributed by atoms with Crippen molar-refractivity contribution < 1.29 is 9.59 Å². The molecule has 0 radical (unpaired) electrons. The van der Waals surface area contributed by atoms with Crippen molar-refractivity contribution in [3.05, 3.63) is 48.5 Å². The highest BCUT2D eigenvalue weighted by Crippen LogP contribution is 2.21. The molecule has 1 aromatic carbocycles. The number of amides is 1. The van der Waals surface area contributed by atoms with Crippen molar-refractivity contribution in [3.8, 4) is 0 Å². The van der Waals surface area contributed by atoms with Gasteiger partial charge in [0.25, 0.3) is 0 Å². The van der Waals surface area contributed by atoms with E-state index in [0.717, 1.165) is 5.56 Å². The highest BCUT2D eigenvalue weighted by atomic mass is 16.2. The number of hydrogen-bond acceptors (Lipinski definition) is 4. The highest BCUT2D eigenvalue weighted by molar-refractivity contribution is 5.91. The zero-order chi connectivity index (χ0) is 16.2.